The third-order valence-electron chi connectivity index (χ3n) is 5.42. The van der Waals surface area contributed by atoms with Crippen molar-refractivity contribution in [3.05, 3.63) is 95.6 Å². The normalized spacial score (nSPS) is 12.0. The highest BCUT2D eigenvalue weighted by atomic mass is 16.5. The Kier molecular flexibility index (Phi) is 4.02. The van der Waals surface area contributed by atoms with Gasteiger partial charge < -0.3 is 4.74 Å². The van der Waals surface area contributed by atoms with E-state index in [9.17, 15) is 9.59 Å². The summed E-state index contributed by atoms with van der Waals surface area (Å²) in [6.45, 7) is 2.09. The van der Waals surface area contributed by atoms with Crippen molar-refractivity contribution in [2.75, 3.05) is 6.61 Å². The second-order valence-electron chi connectivity index (χ2n) is 7.04. The Hall–Kier alpha value is -3.72. The van der Waals surface area contributed by atoms with E-state index < -0.39 is 0 Å². The zero-order valence-electron chi connectivity index (χ0n) is 15.9. The minimum atomic E-state index is -0.373. The maximum atomic E-state index is 13.2. The van der Waals surface area contributed by atoms with Gasteiger partial charge in [0.2, 0.25) is 0 Å². The van der Waals surface area contributed by atoms with E-state index in [-0.39, 0.29) is 18.4 Å². The van der Waals surface area contributed by atoms with Crippen LogP contribution in [0, 0.1) is 0 Å². The number of rotatable bonds is 3. The summed E-state index contributed by atoms with van der Waals surface area (Å²) in [5.41, 5.74) is 5.07. The van der Waals surface area contributed by atoms with Crippen LogP contribution in [-0.4, -0.2) is 18.4 Å². The fourth-order valence-corrected chi connectivity index (χ4v) is 4.22. The molecule has 0 fully saturated rings. The molecular formula is C26H18O3. The molecule has 0 spiro atoms. The van der Waals surface area contributed by atoms with E-state index in [1.165, 1.54) is 0 Å². The second kappa shape index (κ2) is 6.71. The van der Waals surface area contributed by atoms with Crippen molar-refractivity contribution in [1.29, 1.82) is 0 Å². The standard InChI is InChI=1S/C26H18O3/c1-2-29-26(28)24-21(16-9-4-3-5-10-16)15-17-11-8-14-20-22(17)23(24)18-12-6-7-13-19(18)25(20)27/h3-15H,2H2,1H3. The molecule has 0 radical (unpaired) electrons. The fraction of sp³-hybridized carbons (Fsp3) is 0.0769. The van der Waals surface area contributed by atoms with E-state index in [0.29, 0.717) is 16.7 Å². The molecule has 1 aliphatic rings. The molecule has 140 valence electrons. The Morgan fingerprint density at radius 2 is 1.48 bits per heavy atom. The number of carbonyl (C=O) groups is 2. The molecule has 4 aromatic rings. The van der Waals surface area contributed by atoms with Crippen molar-refractivity contribution in [3.63, 3.8) is 0 Å². The third kappa shape index (κ3) is 2.59. The first kappa shape index (κ1) is 17.4. The van der Waals surface area contributed by atoms with E-state index in [2.05, 4.69) is 0 Å². The van der Waals surface area contributed by atoms with Crippen LogP contribution in [-0.2, 0) is 4.74 Å². The summed E-state index contributed by atoms with van der Waals surface area (Å²) in [5, 5.41) is 1.76. The van der Waals surface area contributed by atoms with E-state index in [1.54, 1.807) is 6.92 Å². The van der Waals surface area contributed by atoms with E-state index in [4.69, 9.17) is 4.74 Å². The Morgan fingerprint density at radius 1 is 0.793 bits per heavy atom. The van der Waals surface area contributed by atoms with Crippen molar-refractivity contribution in [2.45, 2.75) is 6.92 Å². The molecule has 0 atom stereocenters. The number of esters is 1. The lowest BCUT2D eigenvalue weighted by molar-refractivity contribution is 0.0528. The molecule has 3 heteroatoms. The summed E-state index contributed by atoms with van der Waals surface area (Å²) in [4.78, 5) is 26.3. The minimum absolute atomic E-state index is 0.0130. The van der Waals surface area contributed by atoms with E-state index in [1.807, 2.05) is 78.9 Å². The first-order chi connectivity index (χ1) is 14.2. The quantitative estimate of drug-likeness (QED) is 0.367. The number of ketones is 1. The molecule has 0 N–H and O–H groups in total. The van der Waals surface area contributed by atoms with Crippen molar-refractivity contribution in [1.82, 2.24) is 0 Å². The van der Waals surface area contributed by atoms with Crippen LogP contribution in [0.25, 0.3) is 33.0 Å². The highest BCUT2D eigenvalue weighted by molar-refractivity contribution is 6.29. The van der Waals surface area contributed by atoms with Gasteiger partial charge in [-0.25, -0.2) is 4.79 Å². The van der Waals surface area contributed by atoms with Crippen LogP contribution < -0.4 is 0 Å². The molecule has 0 aromatic heterocycles. The summed E-state index contributed by atoms with van der Waals surface area (Å²) >= 11 is 0. The molecule has 0 bridgehead atoms. The van der Waals surface area contributed by atoms with Crippen molar-refractivity contribution in [3.8, 4) is 22.3 Å². The Morgan fingerprint density at radius 3 is 2.24 bits per heavy atom. The van der Waals surface area contributed by atoms with E-state index >= 15 is 0 Å². The highest BCUT2D eigenvalue weighted by Crippen LogP contribution is 2.45. The number of hydrogen-bond acceptors (Lipinski definition) is 3. The largest absolute Gasteiger partial charge is 0.462 e. The number of ether oxygens (including phenoxy) is 1. The molecule has 0 aliphatic heterocycles. The highest BCUT2D eigenvalue weighted by Gasteiger charge is 2.31. The van der Waals surface area contributed by atoms with Gasteiger partial charge in [-0.05, 0) is 35.1 Å². The summed E-state index contributed by atoms with van der Waals surface area (Å²) < 4.78 is 5.46. The summed E-state index contributed by atoms with van der Waals surface area (Å²) in [5.74, 6) is -0.386. The molecule has 0 amide bonds. The lowest BCUT2D eigenvalue weighted by atomic mass is 9.78. The number of hydrogen-bond donors (Lipinski definition) is 0. The van der Waals surface area contributed by atoms with Crippen LogP contribution in [0.2, 0.25) is 0 Å². The predicted octanol–water partition coefficient (Wildman–Crippen LogP) is 5.89. The summed E-state index contributed by atoms with van der Waals surface area (Å²) in [7, 11) is 0. The topological polar surface area (TPSA) is 43.4 Å². The molecule has 3 nitrogen and oxygen atoms in total. The monoisotopic (exact) mass is 378 g/mol. The zero-order chi connectivity index (χ0) is 20.0. The lowest BCUT2D eigenvalue weighted by Crippen LogP contribution is -2.15. The van der Waals surface area contributed by atoms with Crippen LogP contribution in [0.15, 0.2) is 78.9 Å². The summed E-state index contributed by atoms with van der Waals surface area (Å²) in [6.07, 6.45) is 0. The molecule has 1 aliphatic carbocycles. The first-order valence-corrected chi connectivity index (χ1v) is 9.67. The lowest BCUT2D eigenvalue weighted by Gasteiger charge is -2.24. The number of benzene rings is 4. The molecule has 5 rings (SSSR count). The Bertz CT molecular complexity index is 1290. The van der Waals surface area contributed by atoms with Crippen LogP contribution in [0.5, 0.6) is 0 Å². The first-order valence-electron chi connectivity index (χ1n) is 9.67. The Balaban J connectivity index is 1.99. The SMILES string of the molecule is CCOC(=O)c1c(-c2ccccc2)cc2cccc3c2c1-c1ccccc1C3=O. The smallest absolute Gasteiger partial charge is 0.339 e. The Labute approximate surface area is 168 Å². The van der Waals surface area contributed by atoms with Gasteiger partial charge in [0, 0.05) is 22.1 Å². The van der Waals surface area contributed by atoms with Crippen molar-refractivity contribution < 1.29 is 14.3 Å². The number of fused-ring (bicyclic) bond motifs is 2. The zero-order valence-corrected chi connectivity index (χ0v) is 15.9. The van der Waals surface area contributed by atoms with Gasteiger partial charge in [-0.1, -0.05) is 72.8 Å². The van der Waals surface area contributed by atoms with E-state index in [0.717, 1.165) is 33.0 Å². The van der Waals surface area contributed by atoms with Crippen molar-refractivity contribution in [2.24, 2.45) is 0 Å². The maximum Gasteiger partial charge on any atom is 0.339 e. The third-order valence-corrected chi connectivity index (χ3v) is 5.42. The van der Waals surface area contributed by atoms with Crippen LogP contribution in [0.3, 0.4) is 0 Å². The predicted molar refractivity (Wildman–Crippen MR) is 114 cm³/mol. The van der Waals surface area contributed by atoms with Gasteiger partial charge in [-0.15, -0.1) is 0 Å². The van der Waals surface area contributed by atoms with Crippen LogP contribution in [0.4, 0.5) is 0 Å². The van der Waals surface area contributed by atoms with Gasteiger partial charge in [0.05, 0.1) is 12.2 Å². The number of carbonyl (C=O) groups excluding carboxylic acids is 2. The molecule has 0 unspecified atom stereocenters. The molecular weight excluding hydrogens is 360 g/mol. The average molecular weight is 378 g/mol. The van der Waals surface area contributed by atoms with Gasteiger partial charge in [-0.3, -0.25) is 4.79 Å². The summed E-state index contributed by atoms with van der Waals surface area (Å²) in [6, 6.07) is 25.0. The van der Waals surface area contributed by atoms with Crippen LogP contribution >= 0.6 is 0 Å². The molecule has 4 aromatic carbocycles. The molecule has 29 heavy (non-hydrogen) atoms. The average Bonchev–Trinajstić information content (AvgIpc) is 2.77. The van der Waals surface area contributed by atoms with Gasteiger partial charge in [0.15, 0.2) is 5.78 Å². The minimum Gasteiger partial charge on any atom is -0.462 e. The van der Waals surface area contributed by atoms with Crippen molar-refractivity contribution >= 4 is 22.5 Å². The van der Waals surface area contributed by atoms with Gasteiger partial charge in [0.25, 0.3) is 0 Å². The maximum absolute atomic E-state index is 13.2. The van der Waals surface area contributed by atoms with Crippen LogP contribution in [0.1, 0.15) is 33.2 Å². The van der Waals surface area contributed by atoms with Gasteiger partial charge in [-0.2, -0.15) is 0 Å². The fourth-order valence-electron chi connectivity index (χ4n) is 4.22. The molecule has 0 heterocycles. The molecule has 0 saturated carbocycles. The second-order valence-corrected chi connectivity index (χ2v) is 7.04. The van der Waals surface area contributed by atoms with Gasteiger partial charge in [0.1, 0.15) is 0 Å². The molecule has 0 saturated heterocycles. The van der Waals surface area contributed by atoms with Gasteiger partial charge >= 0.3 is 5.97 Å².